The first-order valence-corrected chi connectivity index (χ1v) is 6.00. The molecule has 3 heteroatoms. The summed E-state index contributed by atoms with van der Waals surface area (Å²) in [5.74, 6) is 0. The maximum Gasteiger partial charge on any atom is 0.182 e. The lowest BCUT2D eigenvalue weighted by Crippen LogP contribution is -2.24. The maximum atomic E-state index is 11.3. The third kappa shape index (κ3) is 2.95. The van der Waals surface area contributed by atoms with Gasteiger partial charge in [-0.15, -0.1) is 0 Å². The highest BCUT2D eigenvalue weighted by Gasteiger charge is 2.11. The first kappa shape index (κ1) is 13.0. The van der Waals surface area contributed by atoms with Gasteiger partial charge in [-0.25, -0.2) is 0 Å². The van der Waals surface area contributed by atoms with Gasteiger partial charge in [0.1, 0.15) is 0 Å². The van der Waals surface area contributed by atoms with E-state index in [1.54, 1.807) is 12.1 Å². The van der Waals surface area contributed by atoms with Crippen molar-refractivity contribution in [2.45, 2.75) is 46.1 Å². The van der Waals surface area contributed by atoms with E-state index in [9.17, 15) is 4.79 Å². The largest absolute Gasteiger partial charge is 0.345 e. The second-order valence-corrected chi connectivity index (χ2v) is 4.38. The molecule has 1 aromatic heterocycles. The SMILES string of the molecule is CCCCC(CN)n1c(C)cc(=O)cc1C. The Bertz CT molecular complexity index is 369. The number of pyridine rings is 1. The van der Waals surface area contributed by atoms with Crippen LogP contribution in [0.25, 0.3) is 0 Å². The van der Waals surface area contributed by atoms with Crippen LogP contribution >= 0.6 is 0 Å². The average Bonchev–Trinajstić information content (AvgIpc) is 2.21. The monoisotopic (exact) mass is 222 g/mol. The van der Waals surface area contributed by atoms with Gasteiger partial charge >= 0.3 is 0 Å². The van der Waals surface area contributed by atoms with Crippen molar-refractivity contribution in [3.63, 3.8) is 0 Å². The van der Waals surface area contributed by atoms with Crippen molar-refractivity contribution >= 4 is 0 Å². The van der Waals surface area contributed by atoms with Crippen molar-refractivity contribution in [3.8, 4) is 0 Å². The molecule has 0 radical (unpaired) electrons. The minimum absolute atomic E-state index is 0.0810. The predicted octanol–water partition coefficient (Wildman–Crippen LogP) is 2.16. The highest BCUT2D eigenvalue weighted by atomic mass is 16.1. The summed E-state index contributed by atoms with van der Waals surface area (Å²) < 4.78 is 2.19. The number of aryl methyl sites for hydroxylation is 2. The summed E-state index contributed by atoms with van der Waals surface area (Å²) in [6, 6.07) is 3.68. The molecule has 1 unspecified atom stereocenters. The first-order chi connectivity index (χ1) is 7.60. The molecule has 0 fully saturated rings. The van der Waals surface area contributed by atoms with Gasteiger partial charge in [-0.2, -0.15) is 0 Å². The van der Waals surface area contributed by atoms with Crippen LogP contribution in [-0.4, -0.2) is 11.1 Å². The molecule has 1 atom stereocenters. The molecule has 0 aliphatic carbocycles. The van der Waals surface area contributed by atoms with E-state index < -0.39 is 0 Å². The number of hydrogen-bond donors (Lipinski definition) is 1. The summed E-state index contributed by atoms with van der Waals surface area (Å²) in [6.45, 7) is 6.76. The van der Waals surface area contributed by atoms with Gasteiger partial charge in [-0.05, 0) is 20.3 Å². The minimum atomic E-state index is 0.0810. The highest BCUT2D eigenvalue weighted by molar-refractivity contribution is 5.13. The molecule has 0 bridgehead atoms. The molecule has 3 nitrogen and oxygen atoms in total. The third-order valence-corrected chi connectivity index (χ3v) is 2.99. The van der Waals surface area contributed by atoms with E-state index in [-0.39, 0.29) is 5.43 Å². The molecule has 0 amide bonds. The Balaban J connectivity index is 3.04. The van der Waals surface area contributed by atoms with E-state index in [4.69, 9.17) is 5.73 Å². The lowest BCUT2D eigenvalue weighted by atomic mass is 10.1. The third-order valence-electron chi connectivity index (χ3n) is 2.99. The molecule has 90 valence electrons. The summed E-state index contributed by atoms with van der Waals surface area (Å²) in [5.41, 5.74) is 7.92. The maximum absolute atomic E-state index is 11.3. The van der Waals surface area contributed by atoms with Crippen LogP contribution in [0.5, 0.6) is 0 Å². The van der Waals surface area contributed by atoms with Crippen LogP contribution in [0.4, 0.5) is 0 Å². The van der Waals surface area contributed by atoms with Gasteiger partial charge in [0.25, 0.3) is 0 Å². The van der Waals surface area contributed by atoms with Crippen molar-refractivity contribution in [2.75, 3.05) is 6.54 Å². The lowest BCUT2D eigenvalue weighted by Gasteiger charge is -2.23. The molecule has 0 aliphatic heterocycles. The van der Waals surface area contributed by atoms with Gasteiger partial charge in [0.15, 0.2) is 5.43 Å². The van der Waals surface area contributed by atoms with E-state index in [2.05, 4.69) is 11.5 Å². The minimum Gasteiger partial charge on any atom is -0.345 e. The average molecular weight is 222 g/mol. The highest BCUT2D eigenvalue weighted by Crippen LogP contribution is 2.17. The summed E-state index contributed by atoms with van der Waals surface area (Å²) in [6.07, 6.45) is 3.43. The van der Waals surface area contributed by atoms with E-state index in [0.717, 1.165) is 17.8 Å². The van der Waals surface area contributed by atoms with Crippen LogP contribution in [-0.2, 0) is 0 Å². The smallest absolute Gasteiger partial charge is 0.182 e. The number of rotatable bonds is 5. The molecular weight excluding hydrogens is 200 g/mol. The van der Waals surface area contributed by atoms with Crippen LogP contribution in [0.15, 0.2) is 16.9 Å². The Morgan fingerprint density at radius 1 is 1.31 bits per heavy atom. The van der Waals surface area contributed by atoms with E-state index in [1.165, 1.54) is 12.8 Å². The fraction of sp³-hybridized carbons (Fsp3) is 0.615. The second kappa shape index (κ2) is 5.85. The van der Waals surface area contributed by atoms with Gasteiger partial charge < -0.3 is 10.3 Å². The number of unbranched alkanes of at least 4 members (excludes halogenated alkanes) is 1. The molecule has 16 heavy (non-hydrogen) atoms. The topological polar surface area (TPSA) is 48.0 Å². The normalized spacial score (nSPS) is 12.8. The Labute approximate surface area is 97.3 Å². The Kier molecular flexibility index (Phi) is 4.74. The van der Waals surface area contributed by atoms with Gasteiger partial charge in [0.2, 0.25) is 0 Å². The fourth-order valence-electron chi connectivity index (χ4n) is 2.24. The molecule has 0 aromatic carbocycles. The van der Waals surface area contributed by atoms with Gasteiger partial charge in [-0.1, -0.05) is 19.8 Å². The second-order valence-electron chi connectivity index (χ2n) is 4.38. The van der Waals surface area contributed by atoms with Crippen molar-refractivity contribution in [1.82, 2.24) is 4.57 Å². The summed E-state index contributed by atoms with van der Waals surface area (Å²) >= 11 is 0. The number of nitrogens with two attached hydrogens (primary N) is 1. The molecule has 1 aromatic rings. The van der Waals surface area contributed by atoms with Crippen molar-refractivity contribution in [1.29, 1.82) is 0 Å². The Morgan fingerprint density at radius 2 is 1.88 bits per heavy atom. The van der Waals surface area contributed by atoms with Gasteiger partial charge in [0, 0.05) is 36.1 Å². The summed E-state index contributed by atoms with van der Waals surface area (Å²) in [7, 11) is 0. The van der Waals surface area contributed by atoms with Crippen molar-refractivity contribution in [2.24, 2.45) is 5.73 Å². The van der Waals surface area contributed by atoms with Gasteiger partial charge in [0.05, 0.1) is 0 Å². The van der Waals surface area contributed by atoms with Gasteiger partial charge in [-0.3, -0.25) is 4.79 Å². The number of nitrogens with zero attached hydrogens (tertiary/aromatic N) is 1. The summed E-state index contributed by atoms with van der Waals surface area (Å²) in [5, 5.41) is 0. The van der Waals surface area contributed by atoms with Crippen molar-refractivity contribution in [3.05, 3.63) is 33.7 Å². The van der Waals surface area contributed by atoms with Crippen LogP contribution in [0.1, 0.15) is 43.6 Å². The molecule has 0 spiro atoms. The molecule has 1 heterocycles. The molecule has 0 saturated heterocycles. The lowest BCUT2D eigenvalue weighted by molar-refractivity contribution is 0.440. The zero-order chi connectivity index (χ0) is 12.1. The fourth-order valence-corrected chi connectivity index (χ4v) is 2.24. The zero-order valence-corrected chi connectivity index (χ0v) is 10.5. The zero-order valence-electron chi connectivity index (χ0n) is 10.5. The molecular formula is C13H22N2O. The van der Waals surface area contributed by atoms with Crippen LogP contribution in [0.3, 0.4) is 0 Å². The number of aromatic nitrogens is 1. The molecule has 1 rings (SSSR count). The van der Waals surface area contributed by atoms with Crippen LogP contribution in [0, 0.1) is 13.8 Å². The van der Waals surface area contributed by atoms with E-state index in [0.29, 0.717) is 12.6 Å². The quantitative estimate of drug-likeness (QED) is 0.830. The first-order valence-electron chi connectivity index (χ1n) is 6.00. The molecule has 0 aliphatic rings. The summed E-state index contributed by atoms with van der Waals surface area (Å²) in [4.78, 5) is 11.3. The van der Waals surface area contributed by atoms with E-state index >= 15 is 0 Å². The molecule has 2 N–H and O–H groups in total. The Hall–Kier alpha value is -1.09. The van der Waals surface area contributed by atoms with E-state index in [1.807, 2.05) is 13.8 Å². The van der Waals surface area contributed by atoms with Crippen LogP contribution < -0.4 is 11.2 Å². The molecule has 0 saturated carbocycles. The standard InChI is InChI=1S/C13H22N2O/c1-4-5-6-12(9-14)15-10(2)7-13(16)8-11(15)3/h7-8,12H,4-6,9,14H2,1-3H3. The van der Waals surface area contributed by atoms with Crippen molar-refractivity contribution < 1.29 is 0 Å². The Morgan fingerprint density at radius 3 is 2.31 bits per heavy atom. The van der Waals surface area contributed by atoms with Crippen LogP contribution in [0.2, 0.25) is 0 Å². The number of hydrogen-bond acceptors (Lipinski definition) is 2. The predicted molar refractivity (Wildman–Crippen MR) is 67.8 cm³/mol.